The first kappa shape index (κ1) is 18.7. The second-order valence-corrected chi connectivity index (χ2v) is 8.31. The molecule has 0 bridgehead atoms. The average molecular weight is 410 g/mol. The van der Waals surface area contributed by atoms with E-state index in [0.717, 1.165) is 36.9 Å². The monoisotopic (exact) mass is 409 g/mol. The lowest BCUT2D eigenvalue weighted by Gasteiger charge is -2.57. The van der Waals surface area contributed by atoms with E-state index in [1.807, 2.05) is 18.7 Å². The minimum atomic E-state index is 0.0267. The number of carbonyl (C=O) groups excluding carboxylic acids is 1. The third kappa shape index (κ3) is 4.01. The highest BCUT2D eigenvalue weighted by atomic mass is 79.9. The van der Waals surface area contributed by atoms with Crippen LogP contribution in [0.5, 0.6) is 0 Å². The van der Waals surface area contributed by atoms with E-state index in [0.29, 0.717) is 0 Å². The van der Waals surface area contributed by atoms with Crippen molar-refractivity contribution in [2.45, 2.75) is 50.7 Å². The van der Waals surface area contributed by atoms with Crippen LogP contribution in [0, 0.1) is 0 Å². The first-order valence-corrected chi connectivity index (χ1v) is 9.98. The first-order chi connectivity index (χ1) is 12.0. The van der Waals surface area contributed by atoms with Crippen molar-refractivity contribution in [2.75, 3.05) is 26.2 Å². The van der Waals surface area contributed by atoms with Crippen molar-refractivity contribution >= 4 is 22.0 Å². The number of halogens is 1. The van der Waals surface area contributed by atoms with E-state index in [1.165, 1.54) is 5.56 Å². The van der Waals surface area contributed by atoms with Crippen LogP contribution in [-0.4, -0.2) is 65.3 Å². The Labute approximate surface area is 158 Å². The van der Waals surface area contributed by atoms with Crippen molar-refractivity contribution in [1.29, 1.82) is 0 Å². The van der Waals surface area contributed by atoms with Crippen LogP contribution in [0.2, 0.25) is 0 Å². The zero-order chi connectivity index (χ0) is 18.0. The summed E-state index contributed by atoms with van der Waals surface area (Å²) in [6.07, 6.45) is 2.07. The Kier molecular flexibility index (Phi) is 6.02. The van der Waals surface area contributed by atoms with E-state index in [1.54, 1.807) is 0 Å². The van der Waals surface area contributed by atoms with Crippen LogP contribution in [0.3, 0.4) is 0 Å². The van der Waals surface area contributed by atoms with Gasteiger partial charge in [0.15, 0.2) is 0 Å². The number of hydrogen-bond acceptors (Lipinski definition) is 3. The van der Waals surface area contributed by atoms with E-state index in [-0.39, 0.29) is 36.7 Å². The Morgan fingerprint density at radius 2 is 1.96 bits per heavy atom. The molecule has 3 rings (SSSR count). The van der Waals surface area contributed by atoms with Gasteiger partial charge < -0.3 is 15.3 Å². The summed E-state index contributed by atoms with van der Waals surface area (Å²) in [5.41, 5.74) is 1.24. The molecule has 2 fully saturated rings. The van der Waals surface area contributed by atoms with Crippen LogP contribution in [-0.2, 0) is 0 Å². The standard InChI is InChI=1S/C19H28BrN3O2/c1-13(2)21-19(25)22-9-3-4-10-23-16(11-22)18(17(23)12-24)14-5-7-15(20)8-6-14/h5-8,13,16-18,24H,3-4,9-12H2,1-2H3,(H,21,25)/t16-,17-,18+/m1/s1. The number of carbonyl (C=O) groups is 1. The molecule has 0 radical (unpaired) electrons. The summed E-state index contributed by atoms with van der Waals surface area (Å²) in [5, 5.41) is 12.9. The maximum Gasteiger partial charge on any atom is 0.317 e. The topological polar surface area (TPSA) is 55.8 Å². The third-order valence-electron chi connectivity index (χ3n) is 5.32. The van der Waals surface area contributed by atoms with E-state index in [9.17, 15) is 9.90 Å². The highest BCUT2D eigenvalue weighted by Gasteiger charge is 2.49. The predicted molar refractivity (Wildman–Crippen MR) is 103 cm³/mol. The number of aliphatic hydroxyl groups is 1. The van der Waals surface area contributed by atoms with Crippen LogP contribution in [0.15, 0.2) is 28.7 Å². The number of hydrogen-bond donors (Lipinski definition) is 2. The van der Waals surface area contributed by atoms with Gasteiger partial charge in [-0.3, -0.25) is 4.90 Å². The molecule has 2 heterocycles. The van der Waals surface area contributed by atoms with Crippen molar-refractivity contribution in [3.63, 3.8) is 0 Å². The maximum atomic E-state index is 12.5. The molecule has 3 atom stereocenters. The van der Waals surface area contributed by atoms with Gasteiger partial charge in [0.05, 0.1) is 6.61 Å². The van der Waals surface area contributed by atoms with E-state index in [2.05, 4.69) is 50.4 Å². The van der Waals surface area contributed by atoms with Crippen LogP contribution < -0.4 is 5.32 Å². The Hall–Kier alpha value is -1.11. The summed E-state index contributed by atoms with van der Waals surface area (Å²) in [4.78, 5) is 16.9. The predicted octanol–water partition coefficient (Wildman–Crippen LogP) is 2.79. The third-order valence-corrected chi connectivity index (χ3v) is 5.85. The molecule has 0 aliphatic carbocycles. The Morgan fingerprint density at radius 3 is 2.60 bits per heavy atom. The lowest BCUT2D eigenvalue weighted by atomic mass is 9.74. The van der Waals surface area contributed by atoms with Gasteiger partial charge in [0.2, 0.25) is 0 Å². The Balaban J connectivity index is 1.80. The Morgan fingerprint density at radius 1 is 1.28 bits per heavy atom. The molecule has 1 aromatic rings. The molecule has 1 aromatic carbocycles. The van der Waals surface area contributed by atoms with Crippen LogP contribution in [0.1, 0.15) is 38.2 Å². The Bertz CT molecular complexity index is 593. The van der Waals surface area contributed by atoms with Crippen molar-refractivity contribution in [1.82, 2.24) is 15.1 Å². The van der Waals surface area contributed by atoms with Crippen molar-refractivity contribution < 1.29 is 9.90 Å². The molecule has 0 spiro atoms. The van der Waals surface area contributed by atoms with E-state index in [4.69, 9.17) is 0 Å². The molecule has 2 aliphatic heterocycles. The smallest absolute Gasteiger partial charge is 0.317 e. The summed E-state index contributed by atoms with van der Waals surface area (Å²) in [5.74, 6) is 0.269. The van der Waals surface area contributed by atoms with Gasteiger partial charge in [-0.1, -0.05) is 28.1 Å². The molecule has 0 aromatic heterocycles. The summed E-state index contributed by atoms with van der Waals surface area (Å²) < 4.78 is 1.06. The number of nitrogens with zero attached hydrogens (tertiary/aromatic N) is 2. The van der Waals surface area contributed by atoms with Gasteiger partial charge in [0, 0.05) is 41.6 Å². The molecule has 0 unspecified atom stereocenters. The lowest BCUT2D eigenvalue weighted by molar-refractivity contribution is -0.0591. The minimum absolute atomic E-state index is 0.0267. The molecule has 2 saturated heterocycles. The fraction of sp³-hybridized carbons (Fsp3) is 0.632. The zero-order valence-electron chi connectivity index (χ0n) is 15.0. The summed E-state index contributed by atoms with van der Waals surface area (Å²) in [6, 6.07) is 8.97. The molecule has 138 valence electrons. The summed E-state index contributed by atoms with van der Waals surface area (Å²) in [6.45, 7) is 6.67. The number of urea groups is 1. The van der Waals surface area contributed by atoms with Gasteiger partial charge in [0.25, 0.3) is 0 Å². The molecule has 5 nitrogen and oxygen atoms in total. The first-order valence-electron chi connectivity index (χ1n) is 9.18. The normalized spacial score (nSPS) is 27.2. The quantitative estimate of drug-likeness (QED) is 0.806. The molecule has 2 amide bonds. The minimum Gasteiger partial charge on any atom is -0.395 e. The van der Waals surface area contributed by atoms with Crippen LogP contribution >= 0.6 is 15.9 Å². The van der Waals surface area contributed by atoms with Gasteiger partial charge in [-0.05, 0) is 50.9 Å². The van der Waals surface area contributed by atoms with Crippen LogP contribution in [0.4, 0.5) is 4.79 Å². The molecule has 2 aliphatic rings. The number of aliphatic hydroxyl groups excluding tert-OH is 1. The summed E-state index contributed by atoms with van der Waals surface area (Å²) in [7, 11) is 0. The van der Waals surface area contributed by atoms with Gasteiger partial charge >= 0.3 is 6.03 Å². The fourth-order valence-corrected chi connectivity index (χ4v) is 4.41. The number of rotatable bonds is 3. The van der Waals surface area contributed by atoms with Gasteiger partial charge in [-0.2, -0.15) is 0 Å². The second kappa shape index (κ2) is 8.06. The molecule has 2 N–H and O–H groups in total. The molecule has 0 saturated carbocycles. The highest BCUT2D eigenvalue weighted by molar-refractivity contribution is 9.10. The van der Waals surface area contributed by atoms with Gasteiger partial charge in [0.1, 0.15) is 0 Å². The van der Waals surface area contributed by atoms with E-state index >= 15 is 0 Å². The molecular weight excluding hydrogens is 382 g/mol. The maximum absolute atomic E-state index is 12.5. The van der Waals surface area contributed by atoms with E-state index < -0.39 is 0 Å². The van der Waals surface area contributed by atoms with Crippen LogP contribution in [0.25, 0.3) is 0 Å². The van der Waals surface area contributed by atoms with Gasteiger partial charge in [-0.15, -0.1) is 0 Å². The van der Waals surface area contributed by atoms with Gasteiger partial charge in [-0.25, -0.2) is 4.79 Å². The molecular formula is C19H28BrN3O2. The zero-order valence-corrected chi connectivity index (χ0v) is 16.6. The van der Waals surface area contributed by atoms with Crippen molar-refractivity contribution in [2.24, 2.45) is 0 Å². The number of benzene rings is 1. The SMILES string of the molecule is CC(C)NC(=O)N1CCCCN2[C@H](CO)[C@@H](c3ccc(Br)cc3)[C@H]2C1. The van der Waals surface area contributed by atoms with Crippen molar-refractivity contribution in [3.8, 4) is 0 Å². The second-order valence-electron chi connectivity index (χ2n) is 7.39. The molecule has 6 heteroatoms. The summed E-state index contributed by atoms with van der Waals surface area (Å²) >= 11 is 3.49. The molecule has 25 heavy (non-hydrogen) atoms. The fourth-order valence-electron chi connectivity index (χ4n) is 4.15. The largest absolute Gasteiger partial charge is 0.395 e. The lowest BCUT2D eigenvalue weighted by Crippen LogP contribution is -2.68. The number of nitrogens with one attached hydrogen (secondary N) is 1. The number of fused-ring (bicyclic) bond motifs is 1. The highest BCUT2D eigenvalue weighted by Crippen LogP contribution is 2.42. The number of amides is 2. The average Bonchev–Trinajstić information content (AvgIpc) is 2.54. The van der Waals surface area contributed by atoms with Crippen molar-refractivity contribution in [3.05, 3.63) is 34.3 Å².